The van der Waals surface area contributed by atoms with Crippen molar-refractivity contribution in [2.75, 3.05) is 27.2 Å². The van der Waals surface area contributed by atoms with E-state index in [-0.39, 0.29) is 25.6 Å². The molecule has 35 heavy (non-hydrogen) atoms. The maximum absolute atomic E-state index is 13.1. The Kier molecular flexibility index (Phi) is 6.89. The standard InChI is InChI=1S/C20H18F6N6O3/c1-29(2)17(35)10-32-16(34)4-6-31(32)15(33)3-5-30-11-27-18(28-30)12-7-13(19(21,22)23)9-14(8-12)20(24,25)26/h3,5,7-9,11H,4,6,10H2,1-2H3/b5-3-. The quantitative estimate of drug-likeness (QED) is 0.461. The number of rotatable bonds is 5. The minimum atomic E-state index is -5.03. The van der Waals surface area contributed by atoms with Crippen molar-refractivity contribution in [3.63, 3.8) is 0 Å². The van der Waals surface area contributed by atoms with Gasteiger partial charge in [-0.05, 0) is 18.2 Å². The molecule has 1 saturated heterocycles. The molecule has 1 aliphatic heterocycles. The number of carbonyl (C=O) groups excluding carboxylic acids is 3. The summed E-state index contributed by atoms with van der Waals surface area (Å²) in [6.45, 7) is -0.328. The molecule has 0 spiro atoms. The molecule has 1 fully saturated rings. The Morgan fingerprint density at radius 3 is 2.20 bits per heavy atom. The highest BCUT2D eigenvalue weighted by molar-refractivity contribution is 5.95. The summed E-state index contributed by atoms with van der Waals surface area (Å²) in [6, 6.07) is 0.960. The van der Waals surface area contributed by atoms with Crippen molar-refractivity contribution < 1.29 is 40.7 Å². The molecule has 9 nitrogen and oxygen atoms in total. The van der Waals surface area contributed by atoms with Crippen LogP contribution in [0, 0.1) is 0 Å². The van der Waals surface area contributed by atoms with Gasteiger partial charge < -0.3 is 4.90 Å². The van der Waals surface area contributed by atoms with Crippen LogP contribution in [0.1, 0.15) is 17.5 Å². The van der Waals surface area contributed by atoms with Crippen LogP contribution in [-0.2, 0) is 26.7 Å². The molecule has 1 aliphatic rings. The molecule has 15 heteroatoms. The third-order valence-electron chi connectivity index (χ3n) is 4.88. The van der Waals surface area contributed by atoms with Crippen LogP contribution < -0.4 is 0 Å². The van der Waals surface area contributed by atoms with E-state index in [1.807, 2.05) is 0 Å². The van der Waals surface area contributed by atoms with Gasteiger partial charge in [-0.25, -0.2) is 19.7 Å². The fourth-order valence-corrected chi connectivity index (χ4v) is 3.05. The van der Waals surface area contributed by atoms with E-state index in [1.165, 1.54) is 19.0 Å². The van der Waals surface area contributed by atoms with Crippen LogP contribution in [0.25, 0.3) is 17.6 Å². The van der Waals surface area contributed by atoms with E-state index in [0.29, 0.717) is 12.1 Å². The Labute approximate surface area is 194 Å². The van der Waals surface area contributed by atoms with Gasteiger partial charge in [-0.2, -0.15) is 26.3 Å². The Bertz CT molecular complexity index is 1140. The van der Waals surface area contributed by atoms with Crippen LogP contribution in [0.5, 0.6) is 0 Å². The smallest absolute Gasteiger partial charge is 0.347 e. The largest absolute Gasteiger partial charge is 0.416 e. The maximum Gasteiger partial charge on any atom is 0.416 e. The second-order valence-electron chi connectivity index (χ2n) is 7.61. The van der Waals surface area contributed by atoms with Gasteiger partial charge in [0.1, 0.15) is 12.9 Å². The summed E-state index contributed by atoms with van der Waals surface area (Å²) >= 11 is 0. The molecule has 0 radical (unpaired) electrons. The van der Waals surface area contributed by atoms with Crippen LogP contribution in [-0.4, -0.2) is 74.6 Å². The van der Waals surface area contributed by atoms with E-state index in [2.05, 4.69) is 10.1 Å². The van der Waals surface area contributed by atoms with Crippen molar-refractivity contribution in [1.82, 2.24) is 29.7 Å². The number of halogens is 6. The number of hydrogen-bond acceptors (Lipinski definition) is 5. The lowest BCUT2D eigenvalue weighted by Gasteiger charge is -2.27. The lowest BCUT2D eigenvalue weighted by molar-refractivity contribution is -0.155. The van der Waals surface area contributed by atoms with Gasteiger partial charge in [0.15, 0.2) is 5.82 Å². The molecule has 1 aromatic heterocycles. The van der Waals surface area contributed by atoms with Gasteiger partial charge in [-0.3, -0.25) is 14.4 Å². The SMILES string of the molecule is CN(C)C(=O)CN1C(=O)CCN1C(=O)/C=C\n1cnc(-c2cc(C(F)(F)F)cc(C(F)(F)F)c2)n1. The molecule has 0 aliphatic carbocycles. The minimum absolute atomic E-state index is 0.00481. The number of alkyl halides is 6. The summed E-state index contributed by atoms with van der Waals surface area (Å²) in [7, 11) is 2.97. The van der Waals surface area contributed by atoms with Crippen molar-refractivity contribution in [2.45, 2.75) is 18.8 Å². The molecule has 0 unspecified atom stereocenters. The van der Waals surface area contributed by atoms with Gasteiger partial charge in [-0.15, -0.1) is 5.10 Å². The van der Waals surface area contributed by atoms with Crippen LogP contribution in [0.4, 0.5) is 26.3 Å². The monoisotopic (exact) mass is 504 g/mol. The highest BCUT2D eigenvalue weighted by Crippen LogP contribution is 2.38. The number of benzene rings is 1. The number of carbonyl (C=O) groups is 3. The zero-order valence-electron chi connectivity index (χ0n) is 18.3. The van der Waals surface area contributed by atoms with E-state index >= 15 is 0 Å². The van der Waals surface area contributed by atoms with Crippen LogP contribution in [0.15, 0.2) is 30.6 Å². The fourth-order valence-electron chi connectivity index (χ4n) is 3.05. The van der Waals surface area contributed by atoms with Gasteiger partial charge in [0.05, 0.1) is 17.7 Å². The Hall–Kier alpha value is -3.91. The van der Waals surface area contributed by atoms with E-state index in [9.17, 15) is 40.7 Å². The molecular formula is C20H18F6N6O3. The summed E-state index contributed by atoms with van der Waals surface area (Å²) < 4.78 is 79.4. The predicted molar refractivity (Wildman–Crippen MR) is 108 cm³/mol. The molecule has 0 atom stereocenters. The van der Waals surface area contributed by atoms with E-state index < -0.39 is 52.6 Å². The molecule has 0 N–H and O–H groups in total. The number of hydrogen-bond donors (Lipinski definition) is 0. The normalized spacial score (nSPS) is 14.8. The van der Waals surface area contributed by atoms with Crippen molar-refractivity contribution in [1.29, 1.82) is 0 Å². The van der Waals surface area contributed by atoms with E-state index in [4.69, 9.17) is 0 Å². The third-order valence-corrected chi connectivity index (χ3v) is 4.88. The molecule has 2 aromatic rings. The average molecular weight is 504 g/mol. The Balaban J connectivity index is 1.82. The minimum Gasteiger partial charge on any atom is -0.347 e. The number of aromatic nitrogens is 3. The second-order valence-corrected chi connectivity index (χ2v) is 7.61. The van der Waals surface area contributed by atoms with Crippen molar-refractivity contribution in [2.24, 2.45) is 0 Å². The van der Waals surface area contributed by atoms with Gasteiger partial charge in [0.25, 0.3) is 5.91 Å². The molecule has 188 valence electrons. The van der Waals surface area contributed by atoms with Gasteiger partial charge in [-0.1, -0.05) is 0 Å². The highest BCUT2D eigenvalue weighted by Gasteiger charge is 2.37. The summed E-state index contributed by atoms with van der Waals surface area (Å²) in [4.78, 5) is 41.4. The average Bonchev–Trinajstić information content (AvgIpc) is 3.37. The third kappa shape index (κ3) is 5.96. The molecule has 3 rings (SSSR count). The zero-order chi connectivity index (χ0) is 26.1. The fraction of sp³-hybridized carbons (Fsp3) is 0.350. The summed E-state index contributed by atoms with van der Waals surface area (Å²) in [5.41, 5.74) is -3.56. The number of likely N-dealkylation sites (N-methyl/N-ethyl adjacent to an activating group) is 1. The van der Waals surface area contributed by atoms with Gasteiger partial charge in [0, 0.05) is 38.4 Å². The molecule has 3 amide bonds. The first-order valence-electron chi connectivity index (χ1n) is 9.88. The Morgan fingerprint density at radius 1 is 1.06 bits per heavy atom. The second kappa shape index (κ2) is 9.38. The Morgan fingerprint density at radius 2 is 1.66 bits per heavy atom. The maximum atomic E-state index is 13.1. The van der Waals surface area contributed by atoms with Crippen molar-refractivity contribution >= 4 is 23.9 Å². The van der Waals surface area contributed by atoms with Crippen LogP contribution in [0.2, 0.25) is 0 Å². The van der Waals surface area contributed by atoms with Crippen LogP contribution >= 0.6 is 0 Å². The first-order valence-corrected chi connectivity index (χ1v) is 9.88. The molecule has 1 aromatic carbocycles. The molecule has 0 bridgehead atoms. The summed E-state index contributed by atoms with van der Waals surface area (Å²) in [6.07, 6.45) is -7.04. The number of hydrazine groups is 1. The lowest BCUT2D eigenvalue weighted by atomic mass is 10.0. The van der Waals surface area contributed by atoms with Crippen LogP contribution in [0.3, 0.4) is 0 Å². The lowest BCUT2D eigenvalue weighted by Crippen LogP contribution is -2.47. The first kappa shape index (κ1) is 25.7. The van der Waals surface area contributed by atoms with Gasteiger partial charge in [0.2, 0.25) is 11.8 Å². The zero-order valence-corrected chi connectivity index (χ0v) is 18.3. The van der Waals surface area contributed by atoms with E-state index in [0.717, 1.165) is 33.3 Å². The van der Waals surface area contributed by atoms with Crippen molar-refractivity contribution in [3.05, 3.63) is 41.7 Å². The molecule has 2 heterocycles. The predicted octanol–water partition coefficient (Wildman–Crippen LogP) is 2.52. The molecule has 0 saturated carbocycles. The van der Waals surface area contributed by atoms with Gasteiger partial charge >= 0.3 is 12.4 Å². The van der Waals surface area contributed by atoms with Crippen molar-refractivity contribution in [3.8, 4) is 11.4 Å². The first-order chi connectivity index (χ1) is 16.2. The number of nitrogens with zero attached hydrogens (tertiary/aromatic N) is 6. The summed E-state index contributed by atoms with van der Waals surface area (Å²) in [5.74, 6) is -1.98. The summed E-state index contributed by atoms with van der Waals surface area (Å²) in [5, 5.41) is 5.83. The highest BCUT2D eigenvalue weighted by atomic mass is 19.4. The number of amides is 3. The molecular weight excluding hydrogens is 486 g/mol. The topological polar surface area (TPSA) is 91.6 Å². The van der Waals surface area contributed by atoms with E-state index in [1.54, 1.807) is 0 Å².